The van der Waals surface area contributed by atoms with E-state index >= 15 is 0 Å². The van der Waals surface area contributed by atoms with Gasteiger partial charge in [-0.25, -0.2) is 0 Å². The average molecular weight is 400 g/mol. The third-order valence-electron chi connectivity index (χ3n) is 0. The Morgan fingerprint density at radius 1 is 0.333 bits per heavy atom. The van der Waals surface area contributed by atoms with Gasteiger partial charge in [0.1, 0.15) is 0 Å². The summed E-state index contributed by atoms with van der Waals surface area (Å²) in [4.78, 5) is 0. The van der Waals surface area contributed by atoms with Crippen molar-refractivity contribution in [1.82, 2.24) is 0 Å². The summed E-state index contributed by atoms with van der Waals surface area (Å²) >= 11 is 0. The molecule has 0 saturated heterocycles. The van der Waals surface area contributed by atoms with E-state index in [0.29, 0.717) is 0 Å². The molecule has 0 amide bonds. The van der Waals surface area contributed by atoms with Crippen LogP contribution in [0.3, 0.4) is 0 Å². The van der Waals surface area contributed by atoms with E-state index in [2.05, 4.69) is 0 Å². The van der Waals surface area contributed by atoms with E-state index < -0.39 is 0 Å². The zero-order valence-electron chi connectivity index (χ0n) is 4.22. The second-order valence-corrected chi connectivity index (χ2v) is 0. The fraction of sp³-hybridized carbons (Fsp3) is 0. The van der Waals surface area contributed by atoms with E-state index in [1.807, 2.05) is 0 Å². The number of hydrogen-bond acceptors (Lipinski definition) is 0. The fourth-order valence-electron chi connectivity index (χ4n) is 0. The van der Waals surface area contributed by atoms with Gasteiger partial charge < -0.3 is 38.3 Å². The summed E-state index contributed by atoms with van der Waals surface area (Å²) in [6.45, 7) is 0. The zero-order chi connectivity index (χ0) is 0. The average Bonchev–Trinajstić information content (AvgIpc) is 0. The van der Waals surface area contributed by atoms with Gasteiger partial charge in [-0.15, -0.1) is 0 Å². The summed E-state index contributed by atoms with van der Waals surface area (Å²) in [6.07, 6.45) is 0. The minimum atomic E-state index is 0. The van der Waals surface area contributed by atoms with Crippen LogP contribution in [0, 0.1) is 83.5 Å². The molecule has 0 spiro atoms. The third kappa shape index (κ3) is 123. The summed E-state index contributed by atoms with van der Waals surface area (Å²) in [5.41, 5.74) is 0. The van der Waals surface area contributed by atoms with Crippen molar-refractivity contribution < 1.29 is 122 Å². The summed E-state index contributed by atoms with van der Waals surface area (Å²) in [5.74, 6) is 0. The van der Waals surface area contributed by atoms with Crippen molar-refractivity contribution >= 4 is 0 Å². The molecule has 9 heteroatoms. The van der Waals surface area contributed by atoms with Crippen molar-refractivity contribution in [1.29, 1.82) is 0 Å². The predicted molar refractivity (Wildman–Crippen MR) is 16.5 cm³/mol. The Bertz CT molecular complexity index is 6.88. The van der Waals surface area contributed by atoms with Crippen molar-refractivity contribution in [2.24, 2.45) is 0 Å². The molecule has 0 aromatic carbocycles. The van der Waals surface area contributed by atoms with Gasteiger partial charge in [-0.1, -0.05) is 0 Å². The van der Waals surface area contributed by atoms with E-state index in [-0.39, 0.29) is 122 Å². The largest absolute Gasteiger partial charge is 3.00 e. The van der Waals surface area contributed by atoms with Crippen LogP contribution in [0.25, 0.3) is 0 Å². The van der Waals surface area contributed by atoms with E-state index in [0.717, 1.165) is 0 Å². The van der Waals surface area contributed by atoms with Gasteiger partial charge in [0.25, 0.3) is 0 Å². The Kier molecular flexibility index (Phi) is 3510. The standard InChI is InChI=1S/2Ce.4H2O.3O/h;;4*1H2;;;/q2*+3;;;;;3*-2. The van der Waals surface area contributed by atoms with Crippen molar-refractivity contribution in [3.8, 4) is 0 Å². The normalized spacial score (nSPS) is 0. The van der Waals surface area contributed by atoms with E-state index in [9.17, 15) is 0 Å². The molecule has 0 saturated carbocycles. The van der Waals surface area contributed by atoms with Gasteiger partial charge in [-0.05, 0) is 0 Å². The molecule has 9 heavy (non-hydrogen) atoms. The molecule has 0 aromatic heterocycles. The van der Waals surface area contributed by atoms with E-state index in [1.165, 1.54) is 0 Å². The molecule has 0 unspecified atom stereocenters. The van der Waals surface area contributed by atoms with Crippen molar-refractivity contribution in [2.45, 2.75) is 0 Å². The van der Waals surface area contributed by atoms with Gasteiger partial charge in [-0.2, -0.15) is 0 Å². The maximum atomic E-state index is 0. The Morgan fingerprint density at radius 2 is 0.333 bits per heavy atom. The first kappa shape index (κ1) is 206. The molecule has 2 radical (unpaired) electrons. The Morgan fingerprint density at radius 3 is 0.333 bits per heavy atom. The van der Waals surface area contributed by atoms with Crippen LogP contribution >= 0.6 is 0 Å². The third-order valence-corrected chi connectivity index (χ3v) is 0. The van der Waals surface area contributed by atoms with Crippen LogP contribution in [-0.2, 0) is 16.4 Å². The van der Waals surface area contributed by atoms with Gasteiger partial charge in [0.15, 0.2) is 0 Å². The van der Waals surface area contributed by atoms with Crippen LogP contribution in [0.2, 0.25) is 0 Å². The molecule has 0 aromatic rings. The zero-order valence-corrected chi connectivity index (χ0v) is 10.5. The first-order valence-electron chi connectivity index (χ1n) is 0. The summed E-state index contributed by atoms with van der Waals surface area (Å²) in [6, 6.07) is 0. The molecule has 0 rings (SSSR count). The molecule has 0 aliphatic rings. The fourth-order valence-corrected chi connectivity index (χ4v) is 0. The van der Waals surface area contributed by atoms with Crippen LogP contribution < -0.4 is 0 Å². The van der Waals surface area contributed by atoms with Crippen molar-refractivity contribution in [2.75, 3.05) is 0 Å². The minimum Gasteiger partial charge on any atom is -2.00 e. The predicted octanol–water partition coefficient (Wildman–Crippen LogP) is -3.66. The number of rotatable bonds is 0. The van der Waals surface area contributed by atoms with Crippen LogP contribution in [0.1, 0.15) is 0 Å². The van der Waals surface area contributed by atoms with Gasteiger partial charge >= 0.3 is 83.5 Å². The van der Waals surface area contributed by atoms with E-state index in [1.54, 1.807) is 0 Å². The topological polar surface area (TPSA) is 212 Å². The second-order valence-electron chi connectivity index (χ2n) is 0. The van der Waals surface area contributed by atoms with Gasteiger partial charge in [0.05, 0.1) is 0 Å². The molecule has 0 heterocycles. The Balaban J connectivity index is 0. The second kappa shape index (κ2) is 154. The monoisotopic (exact) mass is 400 g/mol. The maximum absolute atomic E-state index is 0. The molecule has 7 nitrogen and oxygen atoms in total. The van der Waals surface area contributed by atoms with E-state index in [4.69, 9.17) is 0 Å². The summed E-state index contributed by atoms with van der Waals surface area (Å²) in [5, 5.41) is 0. The summed E-state index contributed by atoms with van der Waals surface area (Å²) < 4.78 is 0. The van der Waals surface area contributed by atoms with Crippen LogP contribution in [0.5, 0.6) is 0 Å². The molecular weight excluding hydrogens is 392 g/mol. The molecule has 0 aliphatic heterocycles. The Hall–Kier alpha value is 2.47. The van der Waals surface area contributed by atoms with Gasteiger partial charge in [0.2, 0.25) is 0 Å². The molecular formula is H8Ce2O7. The van der Waals surface area contributed by atoms with Crippen molar-refractivity contribution in [3.63, 3.8) is 0 Å². The first-order chi connectivity index (χ1) is 0. The summed E-state index contributed by atoms with van der Waals surface area (Å²) in [7, 11) is 0. The van der Waals surface area contributed by atoms with Crippen LogP contribution in [0.15, 0.2) is 0 Å². The SMILES string of the molecule is O.O.O.O.[Ce+3].[Ce+3].[O-2].[O-2].[O-2]. The first-order valence-corrected chi connectivity index (χ1v) is 0. The molecule has 0 bridgehead atoms. The quantitative estimate of drug-likeness (QED) is 0.385. The smallest absolute Gasteiger partial charge is 2.00 e. The maximum Gasteiger partial charge on any atom is 3.00 e. The Labute approximate surface area is 119 Å². The molecule has 8 N–H and O–H groups in total. The minimum absolute atomic E-state index is 0. The molecule has 0 atom stereocenters. The van der Waals surface area contributed by atoms with Crippen LogP contribution in [-0.4, -0.2) is 21.9 Å². The van der Waals surface area contributed by atoms with Crippen molar-refractivity contribution in [3.05, 3.63) is 0 Å². The van der Waals surface area contributed by atoms with Gasteiger partial charge in [0, 0.05) is 0 Å². The molecule has 58 valence electrons. The molecule has 0 aliphatic carbocycles. The molecule has 0 fully saturated rings. The van der Waals surface area contributed by atoms with Gasteiger partial charge in [-0.3, -0.25) is 0 Å². The van der Waals surface area contributed by atoms with Crippen LogP contribution in [0.4, 0.5) is 0 Å². The number of hydrogen-bond donors (Lipinski definition) is 0.